The van der Waals surface area contributed by atoms with Crippen LogP contribution >= 0.6 is 0 Å². The van der Waals surface area contributed by atoms with Gasteiger partial charge in [0.25, 0.3) is 0 Å². The van der Waals surface area contributed by atoms with Gasteiger partial charge in [-0.05, 0) is 25.3 Å². The summed E-state index contributed by atoms with van der Waals surface area (Å²) < 4.78 is 0. The molecule has 94 valence electrons. The third kappa shape index (κ3) is 2.84. The molecule has 6 heteroatoms. The van der Waals surface area contributed by atoms with Crippen LogP contribution in [0.25, 0.3) is 0 Å². The van der Waals surface area contributed by atoms with Crippen LogP contribution in [0.5, 0.6) is 0 Å². The number of imide groups is 2. The molecule has 5 nitrogen and oxygen atoms in total. The van der Waals surface area contributed by atoms with Crippen molar-refractivity contribution < 1.29 is 43.9 Å². The predicted octanol–water partition coefficient (Wildman–Crippen LogP) is -1.50. The van der Waals surface area contributed by atoms with Crippen LogP contribution in [0.2, 0.25) is 0 Å². The average molecular weight is 261 g/mol. The topological polar surface area (TPSA) is 75.3 Å². The van der Waals surface area contributed by atoms with Crippen molar-refractivity contribution in [2.45, 2.75) is 40.0 Å². The number of hydrogen-bond donors (Lipinski definition) is 2. The molecule has 1 rings (SSSR count). The first-order valence-corrected chi connectivity index (χ1v) is 5.85. The fraction of sp³-hybridized carbons (Fsp3) is 0.583. The first-order valence-electron chi connectivity index (χ1n) is 5.85. The summed E-state index contributed by atoms with van der Waals surface area (Å²) in [5, 5.41) is 4.37. The molecule has 0 saturated carbocycles. The summed E-state index contributed by atoms with van der Waals surface area (Å²) >= 11 is 0. The smallest absolute Gasteiger partial charge is 0.277 e. The Labute approximate surface area is 129 Å². The molecule has 4 amide bonds. The Bertz CT molecular complexity index is 371. The summed E-state index contributed by atoms with van der Waals surface area (Å²) in [5.41, 5.74) is -0.464. The number of allylic oxidation sites excluding steroid dienone is 1. The average Bonchev–Trinajstić information content (AvgIpc) is 2.26. The van der Waals surface area contributed by atoms with E-state index in [0.29, 0.717) is 19.3 Å². The molecule has 0 radical (unpaired) electrons. The van der Waals surface area contributed by atoms with E-state index in [1.807, 2.05) is 13.8 Å². The second-order valence-corrected chi connectivity index (χ2v) is 4.06. The molecule has 0 unspecified atom stereocenters. The monoisotopic (exact) mass is 261 g/mol. The normalized spacial score (nSPS) is 18.8. The molecule has 1 fully saturated rings. The number of amides is 4. The van der Waals surface area contributed by atoms with E-state index >= 15 is 0 Å². The number of barbiturate groups is 1. The van der Waals surface area contributed by atoms with Crippen molar-refractivity contribution in [3.63, 3.8) is 0 Å². The molecule has 0 aromatic heterocycles. The minimum absolute atomic E-state index is 0. The summed E-state index contributed by atoms with van der Waals surface area (Å²) in [6, 6.07) is -0.738. The predicted molar refractivity (Wildman–Crippen MR) is 63.1 cm³/mol. The zero-order valence-electron chi connectivity index (χ0n) is 11.4. The summed E-state index contributed by atoms with van der Waals surface area (Å²) in [4.78, 5) is 35.2. The molecular weight excluding hydrogens is 243 g/mol. The fourth-order valence-electron chi connectivity index (χ4n) is 2.36. The van der Waals surface area contributed by atoms with Gasteiger partial charge in [-0.2, -0.15) is 0 Å². The maximum absolute atomic E-state index is 12.1. The summed E-state index contributed by atoms with van der Waals surface area (Å²) in [5.74, 6) is -1.02. The number of hydrogen-bond acceptors (Lipinski definition) is 3. The molecule has 1 aliphatic heterocycles. The maximum atomic E-state index is 12.1. The molecule has 2 N–H and O–H groups in total. The van der Waals surface area contributed by atoms with E-state index in [2.05, 4.69) is 10.6 Å². The first kappa shape index (κ1) is 17.4. The van der Waals surface area contributed by atoms with E-state index in [1.54, 1.807) is 13.0 Å². The Balaban J connectivity index is 0.00000289. The van der Waals surface area contributed by atoms with E-state index in [1.165, 1.54) is 0 Å². The molecule has 0 aliphatic carbocycles. The van der Waals surface area contributed by atoms with Gasteiger partial charge in [-0.3, -0.25) is 20.2 Å². The maximum Gasteiger partial charge on any atom is 1.00 e. The third-order valence-corrected chi connectivity index (χ3v) is 3.13. The van der Waals surface area contributed by atoms with E-state index < -0.39 is 23.3 Å². The number of rotatable bonds is 4. The van der Waals surface area contributed by atoms with Gasteiger partial charge in [-0.15, -0.1) is 0 Å². The molecule has 0 atom stereocenters. The van der Waals surface area contributed by atoms with E-state index in [9.17, 15) is 14.4 Å². The van der Waals surface area contributed by atoms with Crippen LogP contribution in [0.15, 0.2) is 11.6 Å². The zero-order chi connectivity index (χ0) is 13.1. The SMILES string of the molecule is C/C=C(\CC)C1(CCC)C(=O)NC(=O)NC1=O.[Na+]. The Morgan fingerprint density at radius 1 is 1.17 bits per heavy atom. The Morgan fingerprint density at radius 3 is 2.00 bits per heavy atom. The van der Waals surface area contributed by atoms with Gasteiger partial charge in [0.2, 0.25) is 11.8 Å². The largest absolute Gasteiger partial charge is 1.00 e. The molecule has 18 heavy (non-hydrogen) atoms. The molecular formula is C12H18N2NaO3+. The van der Waals surface area contributed by atoms with Crippen LogP contribution < -0.4 is 40.2 Å². The molecule has 0 aromatic rings. The van der Waals surface area contributed by atoms with Gasteiger partial charge in [-0.1, -0.05) is 26.3 Å². The van der Waals surface area contributed by atoms with Crippen molar-refractivity contribution in [1.29, 1.82) is 0 Å². The van der Waals surface area contributed by atoms with Crippen LogP contribution in [-0.4, -0.2) is 17.8 Å². The van der Waals surface area contributed by atoms with Gasteiger partial charge >= 0.3 is 35.6 Å². The third-order valence-electron chi connectivity index (χ3n) is 3.13. The van der Waals surface area contributed by atoms with Crippen molar-refractivity contribution in [3.05, 3.63) is 11.6 Å². The van der Waals surface area contributed by atoms with Crippen molar-refractivity contribution in [3.8, 4) is 0 Å². The van der Waals surface area contributed by atoms with Crippen LogP contribution in [-0.2, 0) is 9.59 Å². The van der Waals surface area contributed by atoms with Gasteiger partial charge in [0.05, 0.1) is 0 Å². The van der Waals surface area contributed by atoms with Crippen molar-refractivity contribution in [1.82, 2.24) is 10.6 Å². The van der Waals surface area contributed by atoms with Gasteiger partial charge in [0.15, 0.2) is 0 Å². The van der Waals surface area contributed by atoms with Crippen molar-refractivity contribution >= 4 is 17.8 Å². The van der Waals surface area contributed by atoms with Crippen LogP contribution in [0.1, 0.15) is 40.0 Å². The number of carbonyl (C=O) groups is 3. The van der Waals surface area contributed by atoms with Gasteiger partial charge in [0, 0.05) is 0 Å². The summed E-state index contributed by atoms with van der Waals surface area (Å²) in [7, 11) is 0. The first-order chi connectivity index (χ1) is 8.02. The molecule has 1 aliphatic rings. The Hall–Kier alpha value is -0.650. The summed E-state index contributed by atoms with van der Waals surface area (Å²) in [6.45, 7) is 5.60. The molecule has 0 aromatic carbocycles. The molecule has 1 heterocycles. The molecule has 0 bridgehead atoms. The molecule has 0 spiro atoms. The minimum Gasteiger partial charge on any atom is -0.277 e. The Morgan fingerprint density at radius 2 is 1.67 bits per heavy atom. The van der Waals surface area contributed by atoms with Crippen molar-refractivity contribution in [2.75, 3.05) is 0 Å². The number of carbonyl (C=O) groups excluding carboxylic acids is 3. The number of urea groups is 1. The van der Waals surface area contributed by atoms with E-state index in [-0.39, 0.29) is 29.6 Å². The second-order valence-electron chi connectivity index (χ2n) is 4.06. The Kier molecular flexibility index (Phi) is 6.81. The molecule has 1 saturated heterocycles. The second kappa shape index (κ2) is 7.07. The number of nitrogens with one attached hydrogen (secondary N) is 2. The van der Waals surface area contributed by atoms with Crippen LogP contribution in [0.4, 0.5) is 4.79 Å². The van der Waals surface area contributed by atoms with Gasteiger partial charge in [0.1, 0.15) is 5.41 Å². The fourth-order valence-corrected chi connectivity index (χ4v) is 2.36. The van der Waals surface area contributed by atoms with Crippen LogP contribution in [0, 0.1) is 5.41 Å². The van der Waals surface area contributed by atoms with E-state index in [0.717, 1.165) is 5.57 Å². The standard InChI is InChI=1S/C12H18N2O3.Na/c1-4-7-12(8(5-2)6-3)9(15)13-11(17)14-10(12)16;/h5H,4,6-7H2,1-3H3,(H2,13,14,15,16,17);/q;+1/b8-5+;. The summed E-state index contributed by atoms with van der Waals surface area (Å²) in [6.07, 6.45) is 3.48. The van der Waals surface area contributed by atoms with Crippen LogP contribution in [0.3, 0.4) is 0 Å². The van der Waals surface area contributed by atoms with Crippen molar-refractivity contribution in [2.24, 2.45) is 5.41 Å². The minimum atomic E-state index is -1.22. The quantitative estimate of drug-likeness (QED) is 0.367. The zero-order valence-corrected chi connectivity index (χ0v) is 13.4. The van der Waals surface area contributed by atoms with Gasteiger partial charge in [-0.25, -0.2) is 4.79 Å². The van der Waals surface area contributed by atoms with E-state index in [4.69, 9.17) is 0 Å². The van der Waals surface area contributed by atoms with Gasteiger partial charge < -0.3 is 0 Å².